The number of hydrogen-bond acceptors (Lipinski definition) is 10. The van der Waals surface area contributed by atoms with Crippen LogP contribution in [0.1, 0.15) is 134 Å². The number of aliphatic hydroxyl groups is 1. The van der Waals surface area contributed by atoms with Crippen LogP contribution in [-0.4, -0.2) is 135 Å². The van der Waals surface area contributed by atoms with Gasteiger partial charge in [0.15, 0.2) is 5.82 Å². The van der Waals surface area contributed by atoms with E-state index in [4.69, 9.17) is 9.97 Å². The summed E-state index contributed by atoms with van der Waals surface area (Å²) in [6.45, 7) is 11.5. The number of pyridine rings is 1. The number of benzene rings is 2. The Morgan fingerprint density at radius 2 is 1.60 bits per heavy atom. The van der Waals surface area contributed by atoms with Crippen LogP contribution in [0.3, 0.4) is 0 Å². The molecule has 8 aliphatic rings. The number of piperidine rings is 4. The molecule has 2 aliphatic carbocycles. The van der Waals surface area contributed by atoms with Crippen LogP contribution >= 0.6 is 0 Å². The Kier molecular flexibility index (Phi) is 12.1. The third kappa shape index (κ3) is 8.32. The summed E-state index contributed by atoms with van der Waals surface area (Å²) in [5, 5.41) is 16.6. The Hall–Kier alpha value is -5.61. The van der Waals surface area contributed by atoms with Crippen LogP contribution in [0.2, 0.25) is 0 Å². The van der Waals surface area contributed by atoms with Gasteiger partial charge in [-0.25, -0.2) is 14.4 Å². The number of amides is 4. The molecule has 2 saturated carbocycles. The minimum Gasteiger partial charge on any atom is -0.373 e. The molecule has 0 radical (unpaired) electrons. The number of likely N-dealkylation sites (tertiary alicyclic amines) is 3. The van der Waals surface area contributed by atoms with E-state index < -0.39 is 17.1 Å². The Morgan fingerprint density at radius 1 is 0.847 bits per heavy atom. The normalized spacial score (nSPS) is 28.0. The summed E-state index contributed by atoms with van der Waals surface area (Å²) in [7, 11) is 0. The van der Waals surface area contributed by atoms with Gasteiger partial charge in [0.05, 0.1) is 34.1 Å². The largest absolute Gasteiger partial charge is 0.373 e. The molecule has 2 aromatic heterocycles. The molecule has 16 heteroatoms. The summed E-state index contributed by atoms with van der Waals surface area (Å²) in [5.41, 5.74) is 5.48. The number of anilines is 3. The maximum Gasteiger partial charge on any atom is 0.238 e. The Balaban J connectivity index is 0.724. The second-order valence-corrected chi connectivity index (χ2v) is 23.2. The van der Waals surface area contributed by atoms with Crippen LogP contribution in [-0.2, 0) is 24.6 Å². The number of nitrogens with one attached hydrogen (secondary N) is 2. The molecule has 8 heterocycles. The molecular weight excluding hydrogens is 912 g/mol. The average Bonchev–Trinajstić information content (AvgIpc) is 3.84. The van der Waals surface area contributed by atoms with Crippen molar-refractivity contribution >= 4 is 51.9 Å². The van der Waals surface area contributed by atoms with Crippen molar-refractivity contribution < 1.29 is 28.7 Å². The van der Waals surface area contributed by atoms with Crippen LogP contribution in [0.15, 0.2) is 48.8 Å². The zero-order chi connectivity index (χ0) is 49.6. The molecule has 12 rings (SSSR count). The number of rotatable bonds is 10. The van der Waals surface area contributed by atoms with Gasteiger partial charge < -0.3 is 44.8 Å². The zero-order valence-electron chi connectivity index (χ0n) is 42.3. The molecule has 3 atom stereocenters. The van der Waals surface area contributed by atoms with E-state index in [1.165, 1.54) is 25.3 Å². The Bertz CT molecular complexity index is 2780. The maximum absolute atomic E-state index is 15.5. The first-order chi connectivity index (χ1) is 34.8. The molecule has 5 saturated heterocycles. The van der Waals surface area contributed by atoms with Gasteiger partial charge in [-0.05, 0) is 146 Å². The first kappa shape index (κ1) is 47.4. The highest BCUT2D eigenvalue weighted by molar-refractivity contribution is 6.09. The lowest BCUT2D eigenvalue weighted by atomic mass is 9.72. The summed E-state index contributed by atoms with van der Waals surface area (Å²) in [6.07, 6.45) is 12.5. The predicted molar refractivity (Wildman–Crippen MR) is 274 cm³/mol. The van der Waals surface area contributed by atoms with Gasteiger partial charge in [-0.2, -0.15) is 0 Å². The minimum absolute atomic E-state index is 0.0581. The number of carbonyl (C=O) groups excluding carboxylic acids is 4. The third-order valence-electron chi connectivity index (χ3n) is 18.2. The van der Waals surface area contributed by atoms with Crippen molar-refractivity contribution in [2.24, 2.45) is 11.3 Å². The third-order valence-corrected chi connectivity index (χ3v) is 18.2. The minimum atomic E-state index is -1.04. The van der Waals surface area contributed by atoms with Gasteiger partial charge in [0.1, 0.15) is 17.6 Å². The van der Waals surface area contributed by atoms with Crippen LogP contribution in [0.25, 0.3) is 22.3 Å². The number of hydrogen-bond donors (Lipinski definition) is 3. The van der Waals surface area contributed by atoms with Gasteiger partial charge in [0.25, 0.3) is 0 Å². The first-order valence-electron chi connectivity index (χ1n) is 27.2. The number of nitrogens with zero attached hydrogens (tertiary/aromatic N) is 8. The molecule has 2 aromatic carbocycles. The molecule has 4 amide bonds. The van der Waals surface area contributed by atoms with Gasteiger partial charge in [-0.3, -0.25) is 19.2 Å². The fraction of sp³-hybridized carbons (Fsp3) is 0.607. The summed E-state index contributed by atoms with van der Waals surface area (Å²) in [5.74, 6) is 0.00663. The highest BCUT2D eigenvalue weighted by Crippen LogP contribution is 2.53. The molecule has 2 unspecified atom stereocenters. The lowest BCUT2D eigenvalue weighted by Crippen LogP contribution is -2.59. The predicted octanol–water partition coefficient (Wildman–Crippen LogP) is 7.08. The molecule has 6 aliphatic heterocycles. The number of carbonyl (C=O) groups is 4. The number of imidazole rings is 1. The molecular formula is C56H71FN10O5. The molecule has 382 valence electrons. The van der Waals surface area contributed by atoms with Crippen LogP contribution < -0.4 is 20.4 Å². The van der Waals surface area contributed by atoms with Crippen molar-refractivity contribution in [1.29, 1.82) is 0 Å². The SMILES string of the molecule is CC(C)n1cnc2cc(-c3ccc4c(c3)N(C3CC(N5CCCCC5)C3)C(=O)C43CCN(C(=O)[C@]4(C)CCN(C(=O)C5CCN(c6ccc(C7CCC(=O)NC7O)cc6F)CC5)C4)CC3)nc(NC3CC3)c21. The van der Waals surface area contributed by atoms with Crippen molar-refractivity contribution in [2.45, 2.75) is 152 Å². The Labute approximate surface area is 421 Å². The van der Waals surface area contributed by atoms with Crippen molar-refractivity contribution in [3.8, 4) is 11.3 Å². The molecule has 72 heavy (non-hydrogen) atoms. The van der Waals surface area contributed by atoms with Crippen molar-refractivity contribution in [2.75, 3.05) is 67.5 Å². The maximum atomic E-state index is 15.5. The highest BCUT2D eigenvalue weighted by Gasteiger charge is 2.57. The Morgan fingerprint density at radius 3 is 2.31 bits per heavy atom. The lowest BCUT2D eigenvalue weighted by Gasteiger charge is -2.48. The quantitative estimate of drug-likeness (QED) is 0.150. The van der Waals surface area contributed by atoms with E-state index in [0.29, 0.717) is 101 Å². The second-order valence-electron chi connectivity index (χ2n) is 23.2. The smallest absolute Gasteiger partial charge is 0.238 e. The van der Waals surface area contributed by atoms with Gasteiger partial charge in [-0.1, -0.05) is 24.6 Å². The number of halogens is 1. The van der Waals surface area contributed by atoms with Gasteiger partial charge in [-0.15, -0.1) is 0 Å². The lowest BCUT2D eigenvalue weighted by molar-refractivity contribution is -0.145. The molecule has 15 nitrogen and oxygen atoms in total. The topological polar surface area (TPSA) is 159 Å². The fourth-order valence-corrected chi connectivity index (χ4v) is 13.6. The van der Waals surface area contributed by atoms with Crippen LogP contribution in [0.4, 0.5) is 21.6 Å². The van der Waals surface area contributed by atoms with E-state index >= 15 is 9.18 Å². The van der Waals surface area contributed by atoms with E-state index in [-0.39, 0.29) is 59.8 Å². The summed E-state index contributed by atoms with van der Waals surface area (Å²) >= 11 is 0. The molecule has 4 aromatic rings. The van der Waals surface area contributed by atoms with Crippen LogP contribution in [0, 0.1) is 17.2 Å². The second kappa shape index (κ2) is 18.4. The highest BCUT2D eigenvalue weighted by atomic mass is 19.1. The molecule has 3 N–H and O–H groups in total. The van der Waals surface area contributed by atoms with E-state index in [9.17, 15) is 19.5 Å². The summed E-state index contributed by atoms with van der Waals surface area (Å²) in [4.78, 5) is 76.4. The number of fused-ring (bicyclic) bond motifs is 3. The van der Waals surface area contributed by atoms with Gasteiger partial charge in [0, 0.05) is 92.9 Å². The van der Waals surface area contributed by atoms with Gasteiger partial charge in [0.2, 0.25) is 23.6 Å². The number of aliphatic hydroxyl groups excluding tert-OH is 1. The molecule has 0 bridgehead atoms. The summed E-state index contributed by atoms with van der Waals surface area (Å²) < 4.78 is 17.7. The van der Waals surface area contributed by atoms with Gasteiger partial charge >= 0.3 is 0 Å². The zero-order valence-corrected chi connectivity index (χ0v) is 42.3. The van der Waals surface area contributed by atoms with E-state index in [0.717, 1.165) is 78.1 Å². The number of aromatic nitrogens is 3. The van der Waals surface area contributed by atoms with Crippen molar-refractivity contribution in [3.05, 3.63) is 65.7 Å². The van der Waals surface area contributed by atoms with Crippen molar-refractivity contribution in [3.63, 3.8) is 0 Å². The first-order valence-corrected chi connectivity index (χ1v) is 27.2. The van der Waals surface area contributed by atoms with E-state index in [1.807, 2.05) is 34.0 Å². The fourth-order valence-electron chi connectivity index (χ4n) is 13.6. The van der Waals surface area contributed by atoms with Crippen LogP contribution in [0.5, 0.6) is 0 Å². The van der Waals surface area contributed by atoms with E-state index in [2.05, 4.69) is 63.1 Å². The monoisotopic (exact) mass is 983 g/mol. The van der Waals surface area contributed by atoms with E-state index in [1.54, 1.807) is 6.07 Å². The average molecular weight is 983 g/mol. The van der Waals surface area contributed by atoms with Crippen molar-refractivity contribution in [1.82, 2.24) is 34.6 Å². The molecule has 1 spiro atoms. The standard InChI is InChI=1S/C56H71FN10O5/c1-34(2)66-33-58-45-31-44(60-50(49(45)66)59-38-9-10-38)37-7-12-42-47(28-37)67(40-29-39(30-40)62-20-5-4-6-21-62)54(72)56(42)18-25-64(26-19-56)53(71)55(3)17-24-65(32-55)52(70)35-15-22-63(23-16-35)46-13-8-36(27-43(46)57)41-11-14-48(68)61-51(41)69/h7-8,12-13,27-28,31,33-35,38-41,51,69H,4-6,9-11,14-26,29-30,32H2,1-3H3,(H,59,60)(H,61,68)/t39?,40?,41?,51?,55-/m1/s1. The molecule has 7 fully saturated rings. The summed E-state index contributed by atoms with van der Waals surface area (Å²) in [6, 6.07) is 14.9.